The monoisotopic (exact) mass is 225 g/mol. The van der Waals surface area contributed by atoms with Gasteiger partial charge in [-0.2, -0.15) is 5.26 Å². The molecule has 0 aliphatic rings. The maximum Gasteiger partial charge on any atom is 0.162 e. The third-order valence-electron chi connectivity index (χ3n) is 2.36. The summed E-state index contributed by atoms with van der Waals surface area (Å²) in [4.78, 5) is 0. The molecular weight excluding hydrogens is 214 g/mol. The van der Waals surface area contributed by atoms with Crippen molar-refractivity contribution in [2.75, 3.05) is 11.1 Å². The van der Waals surface area contributed by atoms with Crippen molar-refractivity contribution in [3.8, 4) is 11.8 Å². The number of anilines is 3. The molecule has 0 aliphatic carbocycles. The number of hydrogen-bond acceptors (Lipinski definition) is 4. The van der Waals surface area contributed by atoms with Gasteiger partial charge in [0.05, 0.1) is 23.0 Å². The number of nitrogens with one attached hydrogen (secondary N) is 1. The molecule has 0 bridgehead atoms. The Morgan fingerprint density at radius 2 is 1.82 bits per heavy atom. The highest BCUT2D eigenvalue weighted by molar-refractivity contribution is 5.73. The van der Waals surface area contributed by atoms with E-state index in [1.807, 2.05) is 6.07 Å². The smallest absolute Gasteiger partial charge is 0.162 e. The van der Waals surface area contributed by atoms with Crippen LogP contribution in [0.2, 0.25) is 0 Å². The molecule has 0 atom stereocenters. The fourth-order valence-corrected chi connectivity index (χ4v) is 1.45. The maximum absolute atomic E-state index is 9.72. The lowest BCUT2D eigenvalue weighted by molar-refractivity contribution is 0.480. The normalized spacial score (nSPS) is 9.59. The molecule has 0 amide bonds. The van der Waals surface area contributed by atoms with Crippen molar-refractivity contribution in [1.82, 2.24) is 0 Å². The van der Waals surface area contributed by atoms with E-state index in [2.05, 4.69) is 5.32 Å². The van der Waals surface area contributed by atoms with Crippen LogP contribution in [0.4, 0.5) is 17.1 Å². The van der Waals surface area contributed by atoms with E-state index in [-0.39, 0.29) is 5.75 Å². The summed E-state index contributed by atoms with van der Waals surface area (Å²) in [5.41, 5.74) is 7.82. The molecule has 17 heavy (non-hydrogen) atoms. The van der Waals surface area contributed by atoms with Crippen LogP contribution in [0.25, 0.3) is 0 Å². The first kappa shape index (κ1) is 10.8. The minimum Gasteiger partial charge on any atom is -0.504 e. The van der Waals surface area contributed by atoms with Crippen molar-refractivity contribution in [3.05, 3.63) is 48.0 Å². The van der Waals surface area contributed by atoms with Crippen LogP contribution in [-0.4, -0.2) is 5.11 Å². The molecule has 0 saturated heterocycles. The van der Waals surface area contributed by atoms with E-state index in [1.165, 1.54) is 0 Å². The Labute approximate surface area is 98.9 Å². The van der Waals surface area contributed by atoms with E-state index in [9.17, 15) is 5.11 Å². The Bertz CT molecular complexity index is 570. The van der Waals surface area contributed by atoms with Crippen molar-refractivity contribution < 1.29 is 5.11 Å². The lowest BCUT2D eigenvalue weighted by atomic mass is 10.2. The average molecular weight is 225 g/mol. The van der Waals surface area contributed by atoms with E-state index < -0.39 is 0 Å². The van der Waals surface area contributed by atoms with Gasteiger partial charge < -0.3 is 16.2 Å². The molecule has 0 heterocycles. The maximum atomic E-state index is 9.72. The summed E-state index contributed by atoms with van der Waals surface area (Å²) in [6, 6.07) is 14.1. The molecule has 4 N–H and O–H groups in total. The van der Waals surface area contributed by atoms with Crippen LogP contribution in [0.5, 0.6) is 5.75 Å². The molecule has 2 rings (SSSR count). The number of nitriles is 1. The van der Waals surface area contributed by atoms with E-state index in [0.717, 1.165) is 5.69 Å². The Hall–Kier alpha value is -2.67. The first-order chi connectivity index (χ1) is 8.20. The first-order valence-corrected chi connectivity index (χ1v) is 5.05. The van der Waals surface area contributed by atoms with Gasteiger partial charge in [-0.1, -0.05) is 6.07 Å². The van der Waals surface area contributed by atoms with Crippen molar-refractivity contribution in [2.24, 2.45) is 0 Å². The van der Waals surface area contributed by atoms with Gasteiger partial charge in [-0.05, 0) is 36.4 Å². The molecule has 0 unspecified atom stereocenters. The molecule has 2 aromatic carbocycles. The summed E-state index contributed by atoms with van der Waals surface area (Å²) in [5.74, 6) is 0.0249. The third kappa shape index (κ3) is 2.29. The number of rotatable bonds is 2. The quantitative estimate of drug-likeness (QED) is 0.542. The van der Waals surface area contributed by atoms with Gasteiger partial charge >= 0.3 is 0 Å². The summed E-state index contributed by atoms with van der Waals surface area (Å²) in [5, 5.41) is 21.4. The van der Waals surface area contributed by atoms with Crippen LogP contribution in [0.15, 0.2) is 42.5 Å². The highest BCUT2D eigenvalue weighted by Crippen LogP contribution is 2.31. The number of nitrogens with zero attached hydrogens (tertiary/aromatic N) is 1. The number of aromatic hydroxyl groups is 1. The van der Waals surface area contributed by atoms with Gasteiger partial charge in [0.1, 0.15) is 0 Å². The van der Waals surface area contributed by atoms with Crippen molar-refractivity contribution >= 4 is 17.1 Å². The van der Waals surface area contributed by atoms with E-state index >= 15 is 0 Å². The average Bonchev–Trinajstić information content (AvgIpc) is 2.36. The van der Waals surface area contributed by atoms with Gasteiger partial charge in [-0.25, -0.2) is 0 Å². The second kappa shape index (κ2) is 4.45. The molecule has 0 fully saturated rings. The number of hydrogen-bond donors (Lipinski definition) is 3. The molecule has 0 radical (unpaired) electrons. The summed E-state index contributed by atoms with van der Waals surface area (Å²) < 4.78 is 0. The van der Waals surface area contributed by atoms with Crippen LogP contribution in [0.3, 0.4) is 0 Å². The molecular formula is C13H11N3O. The van der Waals surface area contributed by atoms with E-state index in [0.29, 0.717) is 16.9 Å². The Kier molecular flexibility index (Phi) is 2.84. The van der Waals surface area contributed by atoms with Gasteiger partial charge in [0.15, 0.2) is 5.75 Å². The Morgan fingerprint density at radius 3 is 2.47 bits per heavy atom. The number of para-hydroxylation sites is 1. The predicted molar refractivity (Wildman–Crippen MR) is 67.0 cm³/mol. The highest BCUT2D eigenvalue weighted by atomic mass is 16.3. The molecule has 4 heteroatoms. The Balaban J connectivity index is 2.26. The van der Waals surface area contributed by atoms with Crippen LogP contribution in [0.1, 0.15) is 5.56 Å². The third-order valence-corrected chi connectivity index (χ3v) is 2.36. The molecule has 2 aromatic rings. The van der Waals surface area contributed by atoms with E-state index in [1.54, 1.807) is 42.5 Å². The van der Waals surface area contributed by atoms with Gasteiger partial charge in [0, 0.05) is 5.69 Å². The van der Waals surface area contributed by atoms with Crippen LogP contribution in [-0.2, 0) is 0 Å². The zero-order valence-corrected chi connectivity index (χ0v) is 9.01. The number of nitrogens with two attached hydrogens (primary N) is 1. The number of phenols is 1. The summed E-state index contributed by atoms with van der Waals surface area (Å²) in [6.45, 7) is 0. The zero-order chi connectivity index (χ0) is 12.3. The number of benzene rings is 2. The predicted octanol–water partition coefficient (Wildman–Crippen LogP) is 2.59. The topological polar surface area (TPSA) is 82.1 Å². The minimum absolute atomic E-state index is 0.0249. The molecule has 0 spiro atoms. The summed E-state index contributed by atoms with van der Waals surface area (Å²) in [7, 11) is 0. The second-order valence-corrected chi connectivity index (χ2v) is 3.56. The van der Waals surface area contributed by atoms with Crippen molar-refractivity contribution in [1.29, 1.82) is 5.26 Å². The minimum atomic E-state index is 0.0249. The van der Waals surface area contributed by atoms with E-state index in [4.69, 9.17) is 11.0 Å². The lowest BCUT2D eigenvalue weighted by Crippen LogP contribution is -1.93. The standard InChI is InChI=1S/C13H11N3O/c14-8-9-4-6-10(7-5-9)16-12-3-1-2-11(15)13(12)17/h1-7,16-17H,15H2. The molecule has 4 nitrogen and oxygen atoms in total. The van der Waals surface area contributed by atoms with Crippen LogP contribution in [0, 0.1) is 11.3 Å². The number of nitrogen functional groups attached to an aromatic ring is 1. The van der Waals surface area contributed by atoms with Crippen molar-refractivity contribution in [3.63, 3.8) is 0 Å². The van der Waals surface area contributed by atoms with Gasteiger partial charge in [-0.15, -0.1) is 0 Å². The Morgan fingerprint density at radius 1 is 1.12 bits per heavy atom. The summed E-state index contributed by atoms with van der Waals surface area (Å²) >= 11 is 0. The fourth-order valence-electron chi connectivity index (χ4n) is 1.45. The van der Waals surface area contributed by atoms with Crippen LogP contribution >= 0.6 is 0 Å². The zero-order valence-electron chi connectivity index (χ0n) is 9.01. The van der Waals surface area contributed by atoms with Crippen molar-refractivity contribution in [2.45, 2.75) is 0 Å². The molecule has 0 aliphatic heterocycles. The van der Waals surface area contributed by atoms with Gasteiger partial charge in [-0.3, -0.25) is 0 Å². The fraction of sp³-hybridized carbons (Fsp3) is 0. The summed E-state index contributed by atoms with van der Waals surface area (Å²) in [6.07, 6.45) is 0. The highest BCUT2D eigenvalue weighted by Gasteiger charge is 2.04. The molecule has 0 aromatic heterocycles. The number of phenolic OH excluding ortho intramolecular Hbond substituents is 1. The lowest BCUT2D eigenvalue weighted by Gasteiger charge is -2.09. The second-order valence-electron chi connectivity index (χ2n) is 3.56. The molecule has 84 valence electrons. The van der Waals surface area contributed by atoms with Gasteiger partial charge in [0.25, 0.3) is 0 Å². The SMILES string of the molecule is N#Cc1ccc(Nc2cccc(N)c2O)cc1. The first-order valence-electron chi connectivity index (χ1n) is 5.05. The molecule has 0 saturated carbocycles. The van der Waals surface area contributed by atoms with Crippen LogP contribution < -0.4 is 11.1 Å². The largest absolute Gasteiger partial charge is 0.504 e. The van der Waals surface area contributed by atoms with Gasteiger partial charge in [0.2, 0.25) is 0 Å².